The van der Waals surface area contributed by atoms with Crippen molar-refractivity contribution >= 4 is 29.5 Å². The van der Waals surface area contributed by atoms with Crippen molar-refractivity contribution in [3.8, 4) is 0 Å². The van der Waals surface area contributed by atoms with Gasteiger partial charge in [-0.1, -0.05) is 20.8 Å². The van der Waals surface area contributed by atoms with Crippen LogP contribution in [0.4, 0.5) is 0 Å². The van der Waals surface area contributed by atoms with Crippen LogP contribution in [0.25, 0.3) is 0 Å². The number of likely N-dealkylation sites (tertiary alicyclic amines) is 1. The standard InChI is InChI=1S/C22H36N2O5S/c1-7-29-19(28)14-13-8-9-22(30-13)15(14)18(27)24(10-11-25)16(22)17(26)23-21(5,6)12-20(2,3)4/h13-16,25H,7-12H2,1-6H3,(H,23,26)/t13-,14+,15+,16?,22?/m1/s1. The largest absolute Gasteiger partial charge is 0.466 e. The maximum atomic E-state index is 13.6. The average Bonchev–Trinajstić information content (AvgIpc) is 3.21. The fourth-order valence-electron chi connectivity index (χ4n) is 6.08. The number of ether oxygens (including phenoxy) is 1. The van der Waals surface area contributed by atoms with Gasteiger partial charge in [0, 0.05) is 17.3 Å². The first-order valence-electron chi connectivity index (χ1n) is 10.9. The van der Waals surface area contributed by atoms with Crippen LogP contribution < -0.4 is 5.32 Å². The SMILES string of the molecule is CCOC(=O)[C@@H]1[C@H]2C(=O)N(CCO)C(C(=O)NC(C)(C)CC(C)(C)C)C23CC[C@H]1S3. The third-order valence-electron chi connectivity index (χ3n) is 6.38. The van der Waals surface area contributed by atoms with Gasteiger partial charge in [-0.05, 0) is 45.4 Å². The molecule has 0 aromatic carbocycles. The molecule has 2 amide bonds. The molecule has 3 rings (SSSR count). The maximum Gasteiger partial charge on any atom is 0.310 e. The number of hydrogen-bond acceptors (Lipinski definition) is 6. The number of fused-ring (bicyclic) bond motifs is 1. The summed E-state index contributed by atoms with van der Waals surface area (Å²) >= 11 is 1.61. The molecular formula is C22H36N2O5S. The Morgan fingerprint density at radius 3 is 2.53 bits per heavy atom. The van der Waals surface area contributed by atoms with E-state index in [1.807, 2.05) is 13.8 Å². The summed E-state index contributed by atoms with van der Waals surface area (Å²) in [6, 6.07) is -0.684. The molecule has 0 aliphatic carbocycles. The number of thioether (sulfide) groups is 1. The second kappa shape index (κ2) is 8.01. The highest BCUT2D eigenvalue weighted by Gasteiger charge is 2.73. The minimum absolute atomic E-state index is 0.00663. The highest BCUT2D eigenvalue weighted by molar-refractivity contribution is 8.02. The first-order chi connectivity index (χ1) is 13.9. The van der Waals surface area contributed by atoms with E-state index in [0.717, 1.165) is 12.8 Å². The zero-order chi connectivity index (χ0) is 22.5. The molecule has 3 saturated heterocycles. The Bertz CT molecular complexity index is 719. The number of aliphatic hydroxyl groups excluding tert-OH is 1. The van der Waals surface area contributed by atoms with Crippen molar-refractivity contribution in [3.63, 3.8) is 0 Å². The Hall–Kier alpha value is -1.28. The molecule has 3 aliphatic heterocycles. The first-order valence-corrected chi connectivity index (χ1v) is 11.8. The van der Waals surface area contributed by atoms with E-state index in [-0.39, 0.29) is 48.2 Å². The summed E-state index contributed by atoms with van der Waals surface area (Å²) in [6.07, 6.45) is 2.29. The van der Waals surface area contributed by atoms with Crippen molar-refractivity contribution in [1.82, 2.24) is 10.2 Å². The summed E-state index contributed by atoms with van der Waals surface area (Å²) in [5.41, 5.74) is -0.413. The smallest absolute Gasteiger partial charge is 0.310 e. The second-order valence-corrected chi connectivity index (χ2v) is 12.3. The van der Waals surface area contributed by atoms with Gasteiger partial charge in [-0.25, -0.2) is 0 Å². The van der Waals surface area contributed by atoms with Gasteiger partial charge in [0.05, 0.1) is 29.8 Å². The van der Waals surface area contributed by atoms with Gasteiger partial charge in [0.15, 0.2) is 0 Å². The summed E-state index contributed by atoms with van der Waals surface area (Å²) in [5.74, 6) is -1.81. The van der Waals surface area contributed by atoms with Crippen LogP contribution in [-0.4, -0.2) is 69.1 Å². The number of amides is 2. The minimum Gasteiger partial charge on any atom is -0.466 e. The molecule has 1 spiro atoms. The fourth-order valence-corrected chi connectivity index (χ4v) is 8.29. The van der Waals surface area contributed by atoms with Crippen molar-refractivity contribution in [1.29, 1.82) is 0 Å². The van der Waals surface area contributed by atoms with Gasteiger partial charge in [0.1, 0.15) is 6.04 Å². The molecule has 30 heavy (non-hydrogen) atoms. The molecule has 2 N–H and O–H groups in total. The van der Waals surface area contributed by atoms with Crippen LogP contribution in [0, 0.1) is 17.3 Å². The molecule has 170 valence electrons. The predicted octanol–water partition coefficient (Wildman–Crippen LogP) is 1.96. The molecular weight excluding hydrogens is 404 g/mol. The number of nitrogens with zero attached hydrogens (tertiary/aromatic N) is 1. The third-order valence-corrected chi connectivity index (χ3v) is 8.33. The molecule has 2 bridgehead atoms. The third kappa shape index (κ3) is 3.97. The topological polar surface area (TPSA) is 95.9 Å². The van der Waals surface area contributed by atoms with Gasteiger partial charge in [-0.15, -0.1) is 11.8 Å². The lowest BCUT2D eigenvalue weighted by molar-refractivity contribution is -0.153. The Balaban J connectivity index is 1.92. The van der Waals surface area contributed by atoms with Crippen LogP contribution in [0.1, 0.15) is 60.8 Å². The normalized spacial score (nSPS) is 33.0. The number of hydrogen-bond donors (Lipinski definition) is 2. The lowest BCUT2D eigenvalue weighted by Gasteiger charge is -2.38. The van der Waals surface area contributed by atoms with Gasteiger partial charge in [0.2, 0.25) is 11.8 Å². The summed E-state index contributed by atoms with van der Waals surface area (Å²) < 4.78 is 4.66. The van der Waals surface area contributed by atoms with Crippen molar-refractivity contribution in [2.75, 3.05) is 19.8 Å². The zero-order valence-corrected chi connectivity index (χ0v) is 19.8. The molecule has 7 nitrogen and oxygen atoms in total. The lowest BCUT2D eigenvalue weighted by Crippen LogP contribution is -2.58. The van der Waals surface area contributed by atoms with E-state index in [1.165, 1.54) is 4.90 Å². The van der Waals surface area contributed by atoms with Gasteiger partial charge < -0.3 is 20.1 Å². The number of aliphatic hydroxyl groups is 1. The van der Waals surface area contributed by atoms with Crippen molar-refractivity contribution < 1.29 is 24.2 Å². The highest BCUT2D eigenvalue weighted by Crippen LogP contribution is 2.66. The molecule has 3 fully saturated rings. The average molecular weight is 441 g/mol. The Morgan fingerprint density at radius 1 is 1.30 bits per heavy atom. The van der Waals surface area contributed by atoms with E-state index >= 15 is 0 Å². The van der Waals surface area contributed by atoms with E-state index in [1.54, 1.807) is 18.7 Å². The molecule has 3 aliphatic rings. The minimum atomic E-state index is -0.684. The number of rotatable bonds is 7. The number of esters is 1. The maximum absolute atomic E-state index is 13.6. The van der Waals surface area contributed by atoms with Crippen LogP contribution in [0.5, 0.6) is 0 Å². The van der Waals surface area contributed by atoms with E-state index in [9.17, 15) is 19.5 Å². The fraction of sp³-hybridized carbons (Fsp3) is 0.864. The number of carbonyl (C=O) groups excluding carboxylic acids is 3. The van der Waals surface area contributed by atoms with Gasteiger partial charge in [-0.3, -0.25) is 14.4 Å². The molecule has 2 unspecified atom stereocenters. The molecule has 5 atom stereocenters. The summed E-state index contributed by atoms with van der Waals surface area (Å²) in [6.45, 7) is 12.3. The zero-order valence-electron chi connectivity index (χ0n) is 19.0. The molecule has 8 heteroatoms. The Labute approximate surface area is 183 Å². The van der Waals surface area contributed by atoms with Crippen molar-refractivity contribution in [2.24, 2.45) is 17.3 Å². The molecule has 0 aromatic heterocycles. The Kier molecular flexibility index (Phi) is 6.24. The van der Waals surface area contributed by atoms with Gasteiger partial charge >= 0.3 is 5.97 Å². The molecule has 0 radical (unpaired) electrons. The molecule has 0 aromatic rings. The van der Waals surface area contributed by atoms with E-state index < -0.39 is 28.2 Å². The number of carbonyl (C=O) groups is 3. The van der Waals surface area contributed by atoms with Gasteiger partial charge in [-0.2, -0.15) is 0 Å². The van der Waals surface area contributed by atoms with E-state index in [0.29, 0.717) is 6.42 Å². The van der Waals surface area contributed by atoms with Crippen molar-refractivity contribution in [3.05, 3.63) is 0 Å². The van der Waals surface area contributed by atoms with Crippen LogP contribution in [-0.2, 0) is 19.1 Å². The van der Waals surface area contributed by atoms with Crippen LogP contribution in [0.15, 0.2) is 0 Å². The van der Waals surface area contributed by atoms with E-state index in [4.69, 9.17) is 4.74 Å². The highest BCUT2D eigenvalue weighted by atomic mass is 32.2. The first kappa shape index (κ1) is 23.4. The molecule has 0 saturated carbocycles. The summed E-state index contributed by atoms with van der Waals surface area (Å²) in [7, 11) is 0. The van der Waals surface area contributed by atoms with Crippen LogP contribution in [0.3, 0.4) is 0 Å². The second-order valence-electron chi connectivity index (χ2n) is 10.7. The number of nitrogens with one attached hydrogen (secondary N) is 1. The monoisotopic (exact) mass is 440 g/mol. The predicted molar refractivity (Wildman–Crippen MR) is 116 cm³/mol. The quantitative estimate of drug-likeness (QED) is 0.588. The number of β-amino-alcohol motifs (C(OH)–C–C–N with tert-alkyl or cyclic N) is 1. The van der Waals surface area contributed by atoms with Crippen LogP contribution in [0.2, 0.25) is 0 Å². The van der Waals surface area contributed by atoms with E-state index in [2.05, 4.69) is 26.1 Å². The molecule has 3 heterocycles. The summed E-state index contributed by atoms with van der Waals surface area (Å²) in [4.78, 5) is 41.2. The van der Waals surface area contributed by atoms with Crippen molar-refractivity contribution in [2.45, 2.75) is 82.4 Å². The van der Waals surface area contributed by atoms with Gasteiger partial charge in [0.25, 0.3) is 0 Å². The summed E-state index contributed by atoms with van der Waals surface area (Å²) in [5, 5.41) is 12.8. The van der Waals surface area contributed by atoms with Crippen LogP contribution >= 0.6 is 11.8 Å². The Morgan fingerprint density at radius 2 is 1.97 bits per heavy atom. The lowest BCUT2D eigenvalue weighted by atomic mass is 9.71.